The molecule has 5 nitrogen and oxygen atoms in total. The van der Waals surface area contributed by atoms with Crippen LogP contribution in [0.15, 0.2) is 29.8 Å². The number of halogens is 1. The molecule has 2 fully saturated rings. The second-order valence-electron chi connectivity index (χ2n) is 6.70. The van der Waals surface area contributed by atoms with Crippen molar-refractivity contribution in [3.63, 3.8) is 0 Å². The fraction of sp³-hybridized carbons (Fsp3) is 0.474. The molecule has 4 rings (SSSR count). The van der Waals surface area contributed by atoms with Gasteiger partial charge < -0.3 is 14.5 Å². The second-order valence-corrected chi connectivity index (χ2v) is 8.09. The summed E-state index contributed by atoms with van der Waals surface area (Å²) in [6.07, 6.45) is 5.04. The van der Waals surface area contributed by atoms with Crippen LogP contribution in [0.1, 0.15) is 40.6 Å². The molecule has 2 saturated heterocycles. The zero-order valence-corrected chi connectivity index (χ0v) is 16.1. The highest BCUT2D eigenvalue weighted by atomic mass is 35.5. The van der Waals surface area contributed by atoms with E-state index in [-0.39, 0.29) is 12.0 Å². The highest BCUT2D eigenvalue weighted by molar-refractivity contribution is 7.10. The lowest BCUT2D eigenvalue weighted by atomic mass is 10.1. The summed E-state index contributed by atoms with van der Waals surface area (Å²) >= 11 is 8.20. The molecule has 1 atom stereocenters. The monoisotopic (exact) mass is 391 g/mol. The minimum absolute atomic E-state index is 0.0316. The molecule has 7 heteroatoms. The van der Waals surface area contributed by atoms with E-state index in [2.05, 4.69) is 21.3 Å². The van der Waals surface area contributed by atoms with Crippen molar-refractivity contribution in [3.05, 3.63) is 45.2 Å². The number of rotatable bonds is 3. The standard InChI is InChI=1S/C19H22ClN3O2S/c20-15-11-14(19(24)22-6-2-1-3-7-22)12-21-18(15)23-8-9-25-16(13-23)17-5-4-10-26-17/h4-5,10-12,16H,1-3,6-9,13H2. The van der Waals surface area contributed by atoms with Gasteiger partial charge in [-0.1, -0.05) is 17.7 Å². The summed E-state index contributed by atoms with van der Waals surface area (Å²) in [4.78, 5) is 22.4. The molecule has 0 bridgehead atoms. The molecule has 2 aliphatic heterocycles. The Hall–Kier alpha value is -1.63. The maximum Gasteiger partial charge on any atom is 0.255 e. The van der Waals surface area contributed by atoms with Crippen LogP contribution in [0.2, 0.25) is 5.02 Å². The third-order valence-corrected chi connectivity index (χ3v) is 6.18. The number of amides is 1. The Morgan fingerprint density at radius 3 is 2.85 bits per heavy atom. The summed E-state index contributed by atoms with van der Waals surface area (Å²) in [7, 11) is 0. The number of carbonyl (C=O) groups excluding carboxylic acids is 1. The van der Waals surface area contributed by atoms with Gasteiger partial charge in [-0.15, -0.1) is 11.3 Å². The van der Waals surface area contributed by atoms with E-state index < -0.39 is 0 Å². The highest BCUT2D eigenvalue weighted by Gasteiger charge is 2.26. The van der Waals surface area contributed by atoms with Crippen LogP contribution in [0.5, 0.6) is 0 Å². The topological polar surface area (TPSA) is 45.7 Å². The fourth-order valence-electron chi connectivity index (χ4n) is 3.55. The number of carbonyl (C=O) groups is 1. The van der Waals surface area contributed by atoms with Crippen LogP contribution in [0.3, 0.4) is 0 Å². The Labute approximate surface area is 162 Å². The van der Waals surface area contributed by atoms with Gasteiger partial charge in [0.25, 0.3) is 5.91 Å². The molecular weight excluding hydrogens is 370 g/mol. The van der Waals surface area contributed by atoms with E-state index in [1.807, 2.05) is 11.0 Å². The van der Waals surface area contributed by atoms with Gasteiger partial charge in [-0.3, -0.25) is 4.79 Å². The number of hydrogen-bond donors (Lipinski definition) is 0. The van der Waals surface area contributed by atoms with Crippen LogP contribution in [0.4, 0.5) is 5.82 Å². The van der Waals surface area contributed by atoms with Crippen LogP contribution < -0.4 is 4.90 Å². The number of ether oxygens (including phenoxy) is 1. The molecule has 1 unspecified atom stereocenters. The lowest BCUT2D eigenvalue weighted by Crippen LogP contribution is -2.39. The molecule has 26 heavy (non-hydrogen) atoms. The van der Waals surface area contributed by atoms with Gasteiger partial charge in [0.15, 0.2) is 0 Å². The molecule has 0 spiro atoms. The van der Waals surface area contributed by atoms with Crippen molar-refractivity contribution in [2.24, 2.45) is 0 Å². The first-order valence-corrected chi connectivity index (χ1v) is 10.3. The van der Waals surface area contributed by atoms with E-state index in [0.717, 1.165) is 38.3 Å². The van der Waals surface area contributed by atoms with Crippen molar-refractivity contribution in [3.8, 4) is 0 Å². The van der Waals surface area contributed by atoms with E-state index in [1.165, 1.54) is 11.3 Å². The van der Waals surface area contributed by atoms with Crippen LogP contribution in [0, 0.1) is 0 Å². The first kappa shape index (κ1) is 17.8. The highest BCUT2D eigenvalue weighted by Crippen LogP contribution is 2.31. The molecule has 0 aromatic carbocycles. The third-order valence-electron chi connectivity index (χ3n) is 4.94. The van der Waals surface area contributed by atoms with Gasteiger partial charge in [0, 0.05) is 30.7 Å². The molecule has 0 saturated carbocycles. The van der Waals surface area contributed by atoms with Crippen LogP contribution in [0.25, 0.3) is 0 Å². The van der Waals surface area contributed by atoms with Gasteiger partial charge >= 0.3 is 0 Å². The number of likely N-dealkylation sites (tertiary alicyclic amines) is 1. The van der Waals surface area contributed by atoms with E-state index in [1.54, 1.807) is 23.6 Å². The number of aromatic nitrogens is 1. The second kappa shape index (κ2) is 7.94. The van der Waals surface area contributed by atoms with Gasteiger partial charge in [-0.05, 0) is 36.8 Å². The maximum atomic E-state index is 12.6. The van der Waals surface area contributed by atoms with E-state index in [9.17, 15) is 4.79 Å². The van der Waals surface area contributed by atoms with Crippen molar-refractivity contribution in [2.75, 3.05) is 37.7 Å². The summed E-state index contributed by atoms with van der Waals surface area (Å²) in [6, 6.07) is 5.89. The smallest absolute Gasteiger partial charge is 0.255 e. The predicted octanol–water partition coefficient (Wildman–Crippen LogP) is 4.00. The molecule has 138 valence electrons. The molecular formula is C19H22ClN3O2S. The first-order valence-electron chi connectivity index (χ1n) is 9.07. The van der Waals surface area contributed by atoms with Gasteiger partial charge in [0.05, 0.1) is 23.7 Å². The summed E-state index contributed by atoms with van der Waals surface area (Å²) in [6.45, 7) is 3.74. The Kier molecular flexibility index (Phi) is 5.43. The normalized spacial score (nSPS) is 21.0. The first-order chi connectivity index (χ1) is 12.7. The van der Waals surface area contributed by atoms with Crippen molar-refractivity contribution in [2.45, 2.75) is 25.4 Å². The van der Waals surface area contributed by atoms with E-state index >= 15 is 0 Å². The summed E-state index contributed by atoms with van der Waals surface area (Å²) in [5.41, 5.74) is 0.573. The number of nitrogens with zero attached hydrogens (tertiary/aromatic N) is 3. The van der Waals surface area contributed by atoms with Gasteiger partial charge in [0.1, 0.15) is 11.9 Å². The zero-order valence-electron chi connectivity index (χ0n) is 14.6. The van der Waals surface area contributed by atoms with Gasteiger partial charge in [-0.25, -0.2) is 4.98 Å². The number of hydrogen-bond acceptors (Lipinski definition) is 5. The van der Waals surface area contributed by atoms with Crippen LogP contribution in [-0.4, -0.2) is 48.6 Å². The molecule has 4 heterocycles. The predicted molar refractivity (Wildman–Crippen MR) is 104 cm³/mol. The van der Waals surface area contributed by atoms with Gasteiger partial charge in [-0.2, -0.15) is 0 Å². The molecule has 2 aromatic heterocycles. The lowest BCUT2D eigenvalue weighted by molar-refractivity contribution is 0.0418. The van der Waals surface area contributed by atoms with Crippen molar-refractivity contribution in [1.82, 2.24) is 9.88 Å². The lowest BCUT2D eigenvalue weighted by Gasteiger charge is -2.34. The van der Waals surface area contributed by atoms with Crippen LogP contribution >= 0.6 is 22.9 Å². The Morgan fingerprint density at radius 2 is 2.12 bits per heavy atom. The minimum Gasteiger partial charge on any atom is -0.369 e. The van der Waals surface area contributed by atoms with Crippen molar-refractivity contribution < 1.29 is 9.53 Å². The summed E-state index contributed by atoms with van der Waals surface area (Å²) in [5.74, 6) is 0.760. The largest absolute Gasteiger partial charge is 0.369 e. The van der Waals surface area contributed by atoms with Crippen molar-refractivity contribution >= 4 is 34.7 Å². The van der Waals surface area contributed by atoms with Gasteiger partial charge in [0.2, 0.25) is 0 Å². The summed E-state index contributed by atoms with van der Waals surface area (Å²) < 4.78 is 5.89. The maximum absolute atomic E-state index is 12.6. The number of piperidine rings is 1. The third kappa shape index (κ3) is 3.72. The Morgan fingerprint density at radius 1 is 1.27 bits per heavy atom. The number of thiophene rings is 1. The molecule has 0 radical (unpaired) electrons. The quantitative estimate of drug-likeness (QED) is 0.793. The molecule has 2 aromatic rings. The average Bonchev–Trinajstić information content (AvgIpc) is 3.23. The molecule has 1 amide bonds. The van der Waals surface area contributed by atoms with E-state index in [4.69, 9.17) is 16.3 Å². The average molecular weight is 392 g/mol. The number of pyridine rings is 1. The molecule has 2 aliphatic rings. The zero-order chi connectivity index (χ0) is 17.9. The molecule has 0 aliphatic carbocycles. The minimum atomic E-state index is 0.0316. The van der Waals surface area contributed by atoms with Crippen molar-refractivity contribution in [1.29, 1.82) is 0 Å². The van der Waals surface area contributed by atoms with E-state index in [0.29, 0.717) is 23.7 Å². The van der Waals surface area contributed by atoms with Crippen LogP contribution in [-0.2, 0) is 4.74 Å². The number of anilines is 1. The Bertz CT molecular complexity index is 762. The Balaban J connectivity index is 1.49. The number of morpholine rings is 1. The SMILES string of the molecule is O=C(c1cnc(N2CCOC(c3cccs3)C2)c(Cl)c1)N1CCCCC1. The fourth-order valence-corrected chi connectivity index (χ4v) is 4.60. The molecule has 0 N–H and O–H groups in total. The summed E-state index contributed by atoms with van der Waals surface area (Å²) in [5, 5.41) is 2.59.